The number of aliphatic hydroxyl groups is 1. The van der Waals surface area contributed by atoms with Gasteiger partial charge in [0.25, 0.3) is 10.1 Å². The number of aliphatic hydroxyl groups excluding tert-OH is 1. The molecule has 0 aliphatic carbocycles. The summed E-state index contributed by atoms with van der Waals surface area (Å²) in [5, 5.41) is 10.7. The SMILES string of the molecule is CS(=O)(=O)OC[C@@H](O)CCN1CCN(C(=O)/C=C/c2ccc(Cl)c(Cl)c2)CCC1=O. The lowest BCUT2D eigenvalue weighted by Gasteiger charge is -2.22. The topological polar surface area (TPSA) is 104 Å². The van der Waals surface area contributed by atoms with E-state index in [9.17, 15) is 23.1 Å². The van der Waals surface area contributed by atoms with Crippen molar-refractivity contribution in [2.24, 2.45) is 0 Å². The van der Waals surface area contributed by atoms with E-state index in [4.69, 9.17) is 23.2 Å². The minimum absolute atomic E-state index is 0.130. The molecule has 1 fully saturated rings. The Morgan fingerprint density at radius 3 is 2.67 bits per heavy atom. The lowest BCUT2D eigenvalue weighted by atomic mass is 10.2. The van der Waals surface area contributed by atoms with Crippen LogP contribution in [-0.2, 0) is 23.9 Å². The van der Waals surface area contributed by atoms with Gasteiger partial charge in [0, 0.05) is 38.7 Å². The summed E-state index contributed by atoms with van der Waals surface area (Å²) in [5.74, 6) is -0.354. The Kier molecular flexibility index (Phi) is 9.11. The van der Waals surface area contributed by atoms with Crippen LogP contribution in [0.2, 0.25) is 10.0 Å². The maximum atomic E-state index is 12.5. The number of nitrogens with zero attached hydrogens (tertiary/aromatic N) is 2. The first kappa shape index (κ1) is 24.6. The Hall–Kier alpha value is -1.65. The number of hydrogen-bond donors (Lipinski definition) is 1. The van der Waals surface area contributed by atoms with E-state index in [2.05, 4.69) is 4.18 Å². The fourth-order valence-electron chi connectivity index (χ4n) is 2.80. The van der Waals surface area contributed by atoms with Gasteiger partial charge in [-0.1, -0.05) is 29.3 Å². The van der Waals surface area contributed by atoms with Crippen LogP contribution >= 0.6 is 23.2 Å². The van der Waals surface area contributed by atoms with Gasteiger partial charge in [-0.05, 0) is 30.2 Å². The number of amides is 2. The maximum Gasteiger partial charge on any atom is 0.264 e. The summed E-state index contributed by atoms with van der Waals surface area (Å²) >= 11 is 11.8. The van der Waals surface area contributed by atoms with Crippen LogP contribution in [0.4, 0.5) is 0 Å². The smallest absolute Gasteiger partial charge is 0.264 e. The van der Waals surface area contributed by atoms with Gasteiger partial charge < -0.3 is 14.9 Å². The van der Waals surface area contributed by atoms with Crippen molar-refractivity contribution in [2.45, 2.75) is 18.9 Å². The van der Waals surface area contributed by atoms with E-state index in [1.807, 2.05) is 0 Å². The van der Waals surface area contributed by atoms with E-state index in [-0.39, 0.29) is 37.8 Å². The highest BCUT2D eigenvalue weighted by Crippen LogP contribution is 2.23. The van der Waals surface area contributed by atoms with Gasteiger partial charge in [0.1, 0.15) is 0 Å². The standard InChI is InChI=1S/C19H24Cl2N2O6S/c1-30(27,28)29-13-15(24)6-8-22-10-11-23(9-7-19(22)26)18(25)5-3-14-2-4-16(20)17(21)12-14/h2-5,12,15,24H,6-11,13H2,1H3/b5-3+/t15-/m0/s1. The first-order valence-electron chi connectivity index (χ1n) is 9.27. The number of carbonyl (C=O) groups excluding carboxylic acids is 2. The Bertz CT molecular complexity index is 906. The zero-order valence-electron chi connectivity index (χ0n) is 16.5. The van der Waals surface area contributed by atoms with Crippen LogP contribution in [0.5, 0.6) is 0 Å². The first-order chi connectivity index (χ1) is 14.0. The molecule has 166 valence electrons. The molecule has 11 heteroatoms. The molecule has 1 aromatic rings. The third-order valence-corrected chi connectivity index (χ3v) is 5.77. The molecule has 1 saturated heterocycles. The summed E-state index contributed by atoms with van der Waals surface area (Å²) in [6, 6.07) is 5.04. The molecule has 0 radical (unpaired) electrons. The Balaban J connectivity index is 1.86. The van der Waals surface area contributed by atoms with E-state index in [0.29, 0.717) is 29.7 Å². The molecule has 1 heterocycles. The number of rotatable bonds is 8. The van der Waals surface area contributed by atoms with Gasteiger partial charge in [0.2, 0.25) is 11.8 Å². The summed E-state index contributed by atoms with van der Waals surface area (Å²) < 4.78 is 26.5. The normalized spacial score (nSPS) is 16.7. The van der Waals surface area contributed by atoms with Crippen molar-refractivity contribution < 1.29 is 27.3 Å². The lowest BCUT2D eigenvalue weighted by Crippen LogP contribution is -2.37. The molecule has 1 N–H and O–H groups in total. The molecule has 8 nitrogen and oxygen atoms in total. The van der Waals surface area contributed by atoms with Crippen molar-refractivity contribution in [3.05, 3.63) is 39.9 Å². The first-order valence-corrected chi connectivity index (χ1v) is 11.8. The summed E-state index contributed by atoms with van der Waals surface area (Å²) in [6.07, 6.45) is 3.29. The number of halogens is 2. The van der Waals surface area contributed by atoms with Crippen molar-refractivity contribution in [1.29, 1.82) is 0 Å². The molecule has 2 rings (SSSR count). The Morgan fingerprint density at radius 2 is 2.00 bits per heavy atom. The van der Waals surface area contributed by atoms with Gasteiger partial charge in [0.05, 0.1) is 29.0 Å². The third kappa shape index (κ3) is 8.23. The molecule has 0 aromatic heterocycles. The monoisotopic (exact) mass is 478 g/mol. The van der Waals surface area contributed by atoms with E-state index >= 15 is 0 Å². The predicted molar refractivity (Wildman–Crippen MR) is 115 cm³/mol. The van der Waals surface area contributed by atoms with Crippen molar-refractivity contribution >= 4 is 51.2 Å². The van der Waals surface area contributed by atoms with E-state index in [1.165, 1.54) is 6.08 Å². The van der Waals surface area contributed by atoms with Gasteiger partial charge in [-0.15, -0.1) is 0 Å². The van der Waals surface area contributed by atoms with Crippen LogP contribution in [-0.4, -0.2) is 80.3 Å². The number of carbonyl (C=O) groups is 2. The molecule has 2 amide bonds. The third-order valence-electron chi connectivity index (χ3n) is 4.47. The molecule has 0 spiro atoms. The minimum Gasteiger partial charge on any atom is -0.391 e. The second-order valence-corrected chi connectivity index (χ2v) is 9.35. The zero-order chi connectivity index (χ0) is 22.3. The molecule has 0 saturated carbocycles. The average molecular weight is 479 g/mol. The van der Waals surface area contributed by atoms with Crippen molar-refractivity contribution in [3.8, 4) is 0 Å². The second-order valence-electron chi connectivity index (χ2n) is 6.89. The fourth-order valence-corrected chi connectivity index (χ4v) is 3.51. The van der Waals surface area contributed by atoms with Gasteiger partial charge in [-0.25, -0.2) is 0 Å². The van der Waals surface area contributed by atoms with Gasteiger partial charge in [0.15, 0.2) is 0 Å². The highest BCUT2D eigenvalue weighted by Gasteiger charge is 2.23. The van der Waals surface area contributed by atoms with E-state index in [0.717, 1.165) is 11.8 Å². The highest BCUT2D eigenvalue weighted by atomic mass is 35.5. The quantitative estimate of drug-likeness (QED) is 0.451. The van der Waals surface area contributed by atoms with Crippen LogP contribution in [0, 0.1) is 0 Å². The molecular weight excluding hydrogens is 455 g/mol. The predicted octanol–water partition coefficient (Wildman–Crippen LogP) is 1.79. The molecule has 0 unspecified atom stereocenters. The maximum absolute atomic E-state index is 12.5. The largest absolute Gasteiger partial charge is 0.391 e. The van der Waals surface area contributed by atoms with Crippen molar-refractivity contribution in [1.82, 2.24) is 9.80 Å². The van der Waals surface area contributed by atoms with Crippen LogP contribution < -0.4 is 0 Å². The average Bonchev–Trinajstić information content (AvgIpc) is 2.86. The number of benzene rings is 1. The molecule has 1 aromatic carbocycles. The molecule has 0 bridgehead atoms. The lowest BCUT2D eigenvalue weighted by molar-refractivity contribution is -0.130. The summed E-state index contributed by atoms with van der Waals surface area (Å²) in [4.78, 5) is 27.9. The van der Waals surface area contributed by atoms with Gasteiger partial charge >= 0.3 is 0 Å². The summed E-state index contributed by atoms with van der Waals surface area (Å²) in [5.41, 5.74) is 0.732. The van der Waals surface area contributed by atoms with Crippen LogP contribution in [0.15, 0.2) is 24.3 Å². The Morgan fingerprint density at radius 1 is 1.27 bits per heavy atom. The Labute approximate surface area is 186 Å². The molecular formula is C19H24Cl2N2O6S. The highest BCUT2D eigenvalue weighted by molar-refractivity contribution is 7.85. The van der Waals surface area contributed by atoms with Gasteiger partial charge in [-0.2, -0.15) is 8.42 Å². The van der Waals surface area contributed by atoms with Crippen LogP contribution in [0.25, 0.3) is 6.08 Å². The van der Waals surface area contributed by atoms with Crippen molar-refractivity contribution in [2.75, 3.05) is 39.0 Å². The molecule has 30 heavy (non-hydrogen) atoms. The number of hydrogen-bond acceptors (Lipinski definition) is 6. The van der Waals surface area contributed by atoms with Gasteiger partial charge in [-0.3, -0.25) is 13.8 Å². The van der Waals surface area contributed by atoms with E-state index < -0.39 is 16.2 Å². The van der Waals surface area contributed by atoms with Crippen LogP contribution in [0.3, 0.4) is 0 Å². The van der Waals surface area contributed by atoms with E-state index in [1.54, 1.807) is 34.1 Å². The molecule has 1 aliphatic heterocycles. The summed E-state index contributed by atoms with van der Waals surface area (Å²) in [6.45, 7) is 0.857. The summed E-state index contributed by atoms with van der Waals surface area (Å²) in [7, 11) is -3.63. The van der Waals surface area contributed by atoms with Crippen molar-refractivity contribution in [3.63, 3.8) is 0 Å². The molecule has 1 aliphatic rings. The minimum atomic E-state index is -3.63. The fraction of sp³-hybridized carbons (Fsp3) is 0.474. The van der Waals surface area contributed by atoms with Crippen LogP contribution in [0.1, 0.15) is 18.4 Å². The second kappa shape index (κ2) is 11.1. The zero-order valence-corrected chi connectivity index (χ0v) is 18.8. The molecule has 1 atom stereocenters.